The van der Waals surface area contributed by atoms with Crippen LogP contribution in [-0.4, -0.2) is 11.9 Å². The summed E-state index contributed by atoms with van der Waals surface area (Å²) in [5, 5.41) is 2.91. The Morgan fingerprint density at radius 3 is 2.54 bits per heavy atom. The molecule has 2 aromatic rings. The number of para-hydroxylation sites is 1. The van der Waals surface area contributed by atoms with E-state index in [2.05, 4.69) is 5.32 Å². The number of nitrogens with two attached hydrogens (primary N) is 1. The number of ether oxygens (including phenoxy) is 1. The lowest BCUT2D eigenvalue weighted by Crippen LogP contribution is -2.35. The Morgan fingerprint density at radius 1 is 1.17 bits per heavy atom. The predicted octanol–water partition coefficient (Wildman–Crippen LogP) is 4.06. The Hall–Kier alpha value is -2.04. The first-order valence-electron chi connectivity index (χ1n) is 7.94. The maximum absolute atomic E-state index is 12.1. The molecular weight excluding hydrogens is 324 g/mol. The Labute approximate surface area is 149 Å². The van der Waals surface area contributed by atoms with Crippen molar-refractivity contribution in [1.82, 2.24) is 0 Å². The summed E-state index contributed by atoms with van der Waals surface area (Å²) < 4.78 is 5.78. The lowest BCUT2D eigenvalue weighted by molar-refractivity contribution is -0.117. The minimum absolute atomic E-state index is 0. The zero-order valence-electron chi connectivity index (χ0n) is 14.1. The average molecular weight is 349 g/mol. The van der Waals surface area contributed by atoms with Crippen molar-refractivity contribution in [2.24, 2.45) is 5.73 Å². The Balaban J connectivity index is 0.00000288. The van der Waals surface area contributed by atoms with E-state index < -0.39 is 6.04 Å². The Bertz CT molecular complexity index is 647. The fourth-order valence-corrected chi connectivity index (χ4v) is 2.32. The lowest BCUT2D eigenvalue weighted by atomic mass is 10.1. The molecule has 0 spiro atoms. The molecule has 0 aliphatic heterocycles. The first-order valence-corrected chi connectivity index (χ1v) is 7.94. The van der Waals surface area contributed by atoms with E-state index in [1.165, 1.54) is 0 Å². The Kier molecular flexibility index (Phi) is 8.30. The largest absolute Gasteiger partial charge is 0.489 e. The van der Waals surface area contributed by atoms with Gasteiger partial charge in [-0.25, -0.2) is 0 Å². The minimum Gasteiger partial charge on any atom is -0.489 e. The molecule has 5 heteroatoms. The zero-order chi connectivity index (χ0) is 16.7. The van der Waals surface area contributed by atoms with E-state index >= 15 is 0 Å². The van der Waals surface area contributed by atoms with Crippen LogP contribution in [0.3, 0.4) is 0 Å². The molecule has 0 aliphatic carbocycles. The van der Waals surface area contributed by atoms with Gasteiger partial charge in [-0.05, 0) is 42.7 Å². The molecular formula is C19H25ClN2O2. The van der Waals surface area contributed by atoms with E-state index in [0.29, 0.717) is 13.0 Å². The molecule has 1 unspecified atom stereocenters. The highest BCUT2D eigenvalue weighted by molar-refractivity contribution is 5.95. The van der Waals surface area contributed by atoms with Crippen LogP contribution in [0.1, 0.15) is 30.9 Å². The second-order valence-electron chi connectivity index (χ2n) is 5.58. The average Bonchev–Trinajstić information content (AvgIpc) is 2.56. The van der Waals surface area contributed by atoms with Gasteiger partial charge in [-0.3, -0.25) is 4.79 Å². The molecule has 24 heavy (non-hydrogen) atoms. The smallest absolute Gasteiger partial charge is 0.241 e. The van der Waals surface area contributed by atoms with Gasteiger partial charge in [0.2, 0.25) is 5.91 Å². The van der Waals surface area contributed by atoms with Crippen molar-refractivity contribution >= 4 is 24.0 Å². The van der Waals surface area contributed by atoms with Gasteiger partial charge in [0.25, 0.3) is 0 Å². The summed E-state index contributed by atoms with van der Waals surface area (Å²) in [5.74, 6) is 0.683. The zero-order valence-corrected chi connectivity index (χ0v) is 14.9. The molecule has 0 saturated carbocycles. The molecule has 0 radical (unpaired) electrons. The molecule has 1 atom stereocenters. The molecule has 0 fully saturated rings. The van der Waals surface area contributed by atoms with E-state index in [1.807, 2.05) is 62.4 Å². The number of carbonyl (C=O) groups is 1. The van der Waals surface area contributed by atoms with Gasteiger partial charge in [-0.1, -0.05) is 43.7 Å². The number of anilines is 1. The number of hydrogen-bond donors (Lipinski definition) is 2. The summed E-state index contributed by atoms with van der Waals surface area (Å²) in [7, 11) is 0. The highest BCUT2D eigenvalue weighted by Gasteiger charge is 2.14. The van der Waals surface area contributed by atoms with Crippen LogP contribution in [0.2, 0.25) is 0 Å². The molecule has 4 nitrogen and oxygen atoms in total. The molecule has 130 valence electrons. The summed E-state index contributed by atoms with van der Waals surface area (Å²) in [4.78, 5) is 12.1. The van der Waals surface area contributed by atoms with Crippen molar-refractivity contribution < 1.29 is 9.53 Å². The van der Waals surface area contributed by atoms with E-state index in [0.717, 1.165) is 29.0 Å². The lowest BCUT2D eigenvalue weighted by Gasteiger charge is -2.15. The fraction of sp³-hybridized carbons (Fsp3) is 0.316. The van der Waals surface area contributed by atoms with Crippen molar-refractivity contribution in [1.29, 1.82) is 0 Å². The van der Waals surface area contributed by atoms with Crippen molar-refractivity contribution in [3.8, 4) is 5.75 Å². The number of halogens is 1. The van der Waals surface area contributed by atoms with Gasteiger partial charge in [-0.2, -0.15) is 0 Å². The number of carbonyl (C=O) groups excluding carboxylic acids is 1. The third-order valence-electron chi connectivity index (χ3n) is 3.78. The summed E-state index contributed by atoms with van der Waals surface area (Å²) in [5.41, 5.74) is 8.69. The van der Waals surface area contributed by atoms with Crippen LogP contribution in [0.15, 0.2) is 48.5 Å². The van der Waals surface area contributed by atoms with E-state index in [-0.39, 0.29) is 18.3 Å². The molecule has 0 saturated heterocycles. The predicted molar refractivity (Wildman–Crippen MR) is 101 cm³/mol. The van der Waals surface area contributed by atoms with Crippen molar-refractivity contribution in [3.63, 3.8) is 0 Å². The quantitative estimate of drug-likeness (QED) is 0.793. The standard InChI is InChI=1S/C19H24N2O2.ClH/c1-3-8-17(20)19(22)21-18-12-7-9-15(14(18)2)13-23-16-10-5-4-6-11-16;/h4-7,9-12,17H,3,8,13,20H2,1-2H3,(H,21,22);1H. The van der Waals surface area contributed by atoms with Crippen LogP contribution in [0, 0.1) is 6.92 Å². The summed E-state index contributed by atoms with van der Waals surface area (Å²) in [6, 6.07) is 15.0. The Morgan fingerprint density at radius 2 is 1.88 bits per heavy atom. The van der Waals surface area contributed by atoms with Crippen LogP contribution in [0.25, 0.3) is 0 Å². The second-order valence-corrected chi connectivity index (χ2v) is 5.58. The van der Waals surface area contributed by atoms with Crippen LogP contribution in [-0.2, 0) is 11.4 Å². The fourth-order valence-electron chi connectivity index (χ4n) is 2.32. The molecule has 0 aromatic heterocycles. The van der Waals surface area contributed by atoms with E-state index in [9.17, 15) is 4.79 Å². The summed E-state index contributed by atoms with van der Waals surface area (Å²) in [6.45, 7) is 4.45. The number of amides is 1. The minimum atomic E-state index is -0.469. The second kappa shape index (κ2) is 9.96. The number of hydrogen-bond acceptors (Lipinski definition) is 3. The molecule has 2 rings (SSSR count). The first-order chi connectivity index (χ1) is 11.1. The maximum atomic E-state index is 12.1. The van der Waals surface area contributed by atoms with Gasteiger partial charge in [0.15, 0.2) is 0 Å². The number of nitrogens with one attached hydrogen (secondary N) is 1. The van der Waals surface area contributed by atoms with Crippen LogP contribution >= 0.6 is 12.4 Å². The molecule has 0 heterocycles. The highest BCUT2D eigenvalue weighted by atomic mass is 35.5. The van der Waals surface area contributed by atoms with Gasteiger partial charge in [0.05, 0.1) is 6.04 Å². The van der Waals surface area contributed by atoms with Crippen LogP contribution < -0.4 is 15.8 Å². The number of rotatable bonds is 7. The normalized spacial score (nSPS) is 11.3. The highest BCUT2D eigenvalue weighted by Crippen LogP contribution is 2.21. The van der Waals surface area contributed by atoms with Gasteiger partial charge >= 0.3 is 0 Å². The maximum Gasteiger partial charge on any atom is 0.241 e. The molecule has 0 aliphatic rings. The van der Waals surface area contributed by atoms with E-state index in [1.54, 1.807) is 0 Å². The van der Waals surface area contributed by atoms with Crippen LogP contribution in [0.5, 0.6) is 5.75 Å². The topological polar surface area (TPSA) is 64.4 Å². The van der Waals surface area contributed by atoms with E-state index in [4.69, 9.17) is 10.5 Å². The van der Waals surface area contributed by atoms with Crippen molar-refractivity contribution in [3.05, 3.63) is 59.7 Å². The summed E-state index contributed by atoms with van der Waals surface area (Å²) >= 11 is 0. The van der Waals surface area contributed by atoms with Gasteiger partial charge < -0.3 is 15.8 Å². The van der Waals surface area contributed by atoms with Gasteiger partial charge in [-0.15, -0.1) is 12.4 Å². The first kappa shape index (κ1) is 20.0. The van der Waals surface area contributed by atoms with Crippen LogP contribution in [0.4, 0.5) is 5.69 Å². The monoisotopic (exact) mass is 348 g/mol. The molecule has 1 amide bonds. The molecule has 3 N–H and O–H groups in total. The number of benzene rings is 2. The third-order valence-corrected chi connectivity index (χ3v) is 3.78. The van der Waals surface area contributed by atoms with Crippen molar-refractivity contribution in [2.45, 2.75) is 39.3 Å². The molecule has 0 bridgehead atoms. The van der Waals surface area contributed by atoms with Gasteiger partial charge in [0, 0.05) is 5.69 Å². The van der Waals surface area contributed by atoms with Crippen molar-refractivity contribution in [2.75, 3.05) is 5.32 Å². The van der Waals surface area contributed by atoms with Gasteiger partial charge in [0.1, 0.15) is 12.4 Å². The molecule has 2 aromatic carbocycles. The third kappa shape index (κ3) is 5.55. The SMILES string of the molecule is CCCC(N)C(=O)Nc1cccc(COc2ccccc2)c1C.Cl. The summed E-state index contributed by atoms with van der Waals surface area (Å²) in [6.07, 6.45) is 1.57.